The second kappa shape index (κ2) is 7.52. The van der Waals surface area contributed by atoms with Crippen molar-refractivity contribution < 1.29 is 14.0 Å². The lowest BCUT2D eigenvalue weighted by molar-refractivity contribution is -0.126. The van der Waals surface area contributed by atoms with E-state index in [4.69, 9.17) is 4.42 Å². The molecule has 25 heavy (non-hydrogen) atoms. The number of carbonyl (C=O) groups excluding carboxylic acids is 2. The molecule has 1 atom stereocenters. The normalized spacial score (nSPS) is 17.6. The van der Waals surface area contributed by atoms with Crippen LogP contribution in [0, 0.1) is 6.92 Å². The Morgan fingerprint density at radius 1 is 1.44 bits per heavy atom. The zero-order valence-corrected chi connectivity index (χ0v) is 14.5. The molecule has 0 bridgehead atoms. The van der Waals surface area contributed by atoms with E-state index in [0.29, 0.717) is 18.1 Å². The molecular formula is C17H23N5O3. The minimum atomic E-state index is -0.283. The van der Waals surface area contributed by atoms with Crippen LogP contribution in [-0.4, -0.2) is 45.6 Å². The highest BCUT2D eigenvalue weighted by atomic mass is 16.3. The lowest BCUT2D eigenvalue weighted by Gasteiger charge is -2.22. The third kappa shape index (κ3) is 4.27. The fraction of sp³-hybridized carbons (Fsp3) is 0.471. The molecule has 2 aromatic rings. The summed E-state index contributed by atoms with van der Waals surface area (Å²) in [4.78, 5) is 26.6. The maximum atomic E-state index is 12.4. The molecule has 134 valence electrons. The smallest absolute Gasteiger partial charge is 0.239 e. The van der Waals surface area contributed by atoms with Crippen LogP contribution < -0.4 is 10.6 Å². The Morgan fingerprint density at radius 3 is 2.96 bits per heavy atom. The van der Waals surface area contributed by atoms with Gasteiger partial charge in [0.25, 0.3) is 0 Å². The molecule has 1 saturated heterocycles. The Kier molecular flexibility index (Phi) is 5.18. The summed E-state index contributed by atoms with van der Waals surface area (Å²) in [6, 6.07) is 5.13. The molecule has 0 aliphatic carbocycles. The second-order valence-corrected chi connectivity index (χ2v) is 6.27. The Balaban J connectivity index is 1.53. The molecule has 3 rings (SSSR count). The Morgan fingerprint density at radius 2 is 2.28 bits per heavy atom. The van der Waals surface area contributed by atoms with Crippen LogP contribution in [0.25, 0.3) is 0 Å². The summed E-state index contributed by atoms with van der Waals surface area (Å²) < 4.78 is 6.85. The van der Waals surface area contributed by atoms with E-state index in [1.54, 1.807) is 24.1 Å². The van der Waals surface area contributed by atoms with E-state index in [1.165, 1.54) is 0 Å². The van der Waals surface area contributed by atoms with Gasteiger partial charge in [0.05, 0.1) is 31.1 Å². The average Bonchev–Trinajstić information content (AvgIpc) is 3.28. The molecule has 2 aromatic heterocycles. The van der Waals surface area contributed by atoms with Crippen molar-refractivity contribution in [2.75, 3.05) is 18.4 Å². The first kappa shape index (κ1) is 17.2. The largest absolute Gasteiger partial charge is 0.467 e. The maximum Gasteiger partial charge on any atom is 0.239 e. The monoisotopic (exact) mass is 345 g/mol. The fourth-order valence-electron chi connectivity index (χ4n) is 3.11. The van der Waals surface area contributed by atoms with Crippen molar-refractivity contribution in [3.05, 3.63) is 35.9 Å². The number of furan rings is 1. The van der Waals surface area contributed by atoms with Crippen LogP contribution in [0.2, 0.25) is 0 Å². The number of carbonyl (C=O) groups is 2. The Hall–Kier alpha value is -2.61. The Labute approximate surface area is 146 Å². The average molecular weight is 345 g/mol. The molecule has 0 spiro atoms. The SMILES string of the molecule is Cc1cc(NC(=O)CN2CCCC2C(=O)NCc2ccco2)n(C)n1. The number of hydrogen-bond donors (Lipinski definition) is 2. The van der Waals surface area contributed by atoms with Crippen LogP contribution in [-0.2, 0) is 23.2 Å². The maximum absolute atomic E-state index is 12.4. The van der Waals surface area contributed by atoms with Crippen molar-refractivity contribution in [3.63, 3.8) is 0 Å². The lowest BCUT2D eigenvalue weighted by atomic mass is 10.2. The third-order valence-electron chi connectivity index (χ3n) is 4.30. The number of hydrogen-bond acceptors (Lipinski definition) is 5. The van der Waals surface area contributed by atoms with Crippen LogP contribution >= 0.6 is 0 Å². The first-order chi connectivity index (χ1) is 12.0. The van der Waals surface area contributed by atoms with Gasteiger partial charge in [0, 0.05) is 13.1 Å². The molecule has 1 fully saturated rings. The number of rotatable bonds is 6. The van der Waals surface area contributed by atoms with Gasteiger partial charge in [0.15, 0.2) is 0 Å². The van der Waals surface area contributed by atoms with Crippen LogP contribution in [0.3, 0.4) is 0 Å². The van der Waals surface area contributed by atoms with E-state index in [1.807, 2.05) is 24.0 Å². The van der Waals surface area contributed by atoms with Gasteiger partial charge in [-0.3, -0.25) is 19.2 Å². The summed E-state index contributed by atoms with van der Waals surface area (Å²) in [7, 11) is 1.78. The number of nitrogens with zero attached hydrogens (tertiary/aromatic N) is 3. The molecule has 1 aliphatic rings. The van der Waals surface area contributed by atoms with Gasteiger partial charge >= 0.3 is 0 Å². The van der Waals surface area contributed by atoms with Gasteiger partial charge in [0.2, 0.25) is 11.8 Å². The van der Waals surface area contributed by atoms with Gasteiger partial charge in [-0.05, 0) is 38.4 Å². The molecule has 2 N–H and O–H groups in total. The quantitative estimate of drug-likeness (QED) is 0.816. The first-order valence-electron chi connectivity index (χ1n) is 8.37. The van der Waals surface area contributed by atoms with Crippen LogP contribution in [0.15, 0.2) is 28.9 Å². The molecule has 0 saturated carbocycles. The highest BCUT2D eigenvalue weighted by Crippen LogP contribution is 2.18. The third-order valence-corrected chi connectivity index (χ3v) is 4.30. The molecule has 8 nitrogen and oxygen atoms in total. The topological polar surface area (TPSA) is 92.4 Å². The summed E-state index contributed by atoms with van der Waals surface area (Å²) in [6.45, 7) is 3.14. The minimum absolute atomic E-state index is 0.0712. The molecule has 8 heteroatoms. The van der Waals surface area contributed by atoms with Crippen LogP contribution in [0.4, 0.5) is 5.82 Å². The van der Waals surface area contributed by atoms with Crippen molar-refractivity contribution in [2.45, 2.75) is 32.4 Å². The summed E-state index contributed by atoms with van der Waals surface area (Å²) >= 11 is 0. The van der Waals surface area contributed by atoms with Gasteiger partial charge in [0.1, 0.15) is 11.6 Å². The van der Waals surface area contributed by atoms with Gasteiger partial charge in [-0.2, -0.15) is 5.10 Å². The van der Waals surface area contributed by atoms with Crippen molar-refractivity contribution in [3.8, 4) is 0 Å². The van der Waals surface area contributed by atoms with E-state index < -0.39 is 0 Å². The first-order valence-corrected chi connectivity index (χ1v) is 8.37. The standard InChI is InChI=1S/C17H23N5O3/c1-12-9-15(21(2)20-12)19-16(23)11-22-7-3-6-14(22)17(24)18-10-13-5-4-8-25-13/h4-5,8-9,14H,3,6-7,10-11H2,1-2H3,(H,18,24)(H,19,23). The Bertz CT molecular complexity index is 738. The molecule has 3 heterocycles. The van der Waals surface area contributed by atoms with E-state index >= 15 is 0 Å². The van der Waals surface area contributed by atoms with E-state index in [-0.39, 0.29) is 24.4 Å². The van der Waals surface area contributed by atoms with Crippen LogP contribution in [0.1, 0.15) is 24.3 Å². The summed E-state index contributed by atoms with van der Waals surface area (Å²) in [5.74, 6) is 1.15. The van der Waals surface area contributed by atoms with Crippen LogP contribution in [0.5, 0.6) is 0 Å². The van der Waals surface area contributed by atoms with Crippen molar-refractivity contribution in [1.29, 1.82) is 0 Å². The fourth-order valence-corrected chi connectivity index (χ4v) is 3.11. The van der Waals surface area contributed by atoms with Crippen molar-refractivity contribution in [1.82, 2.24) is 20.0 Å². The second-order valence-electron chi connectivity index (χ2n) is 6.27. The van der Waals surface area contributed by atoms with Crippen molar-refractivity contribution >= 4 is 17.6 Å². The predicted octanol–water partition coefficient (Wildman–Crippen LogP) is 1.04. The minimum Gasteiger partial charge on any atom is -0.467 e. The number of amides is 2. The van der Waals surface area contributed by atoms with Gasteiger partial charge in [-0.25, -0.2) is 0 Å². The van der Waals surface area contributed by atoms with Gasteiger partial charge < -0.3 is 15.1 Å². The number of aryl methyl sites for hydroxylation is 2. The zero-order chi connectivity index (χ0) is 17.8. The predicted molar refractivity (Wildman–Crippen MR) is 91.7 cm³/mol. The highest BCUT2D eigenvalue weighted by Gasteiger charge is 2.31. The van der Waals surface area contributed by atoms with E-state index in [2.05, 4.69) is 15.7 Å². The zero-order valence-electron chi connectivity index (χ0n) is 14.5. The highest BCUT2D eigenvalue weighted by molar-refractivity contribution is 5.92. The number of aromatic nitrogens is 2. The van der Waals surface area contributed by atoms with Gasteiger partial charge in [-0.15, -0.1) is 0 Å². The summed E-state index contributed by atoms with van der Waals surface area (Å²) in [5.41, 5.74) is 0.842. The molecule has 1 unspecified atom stereocenters. The van der Waals surface area contributed by atoms with Crippen molar-refractivity contribution in [2.24, 2.45) is 7.05 Å². The molecule has 1 aliphatic heterocycles. The number of nitrogens with one attached hydrogen (secondary N) is 2. The number of anilines is 1. The molecular weight excluding hydrogens is 322 g/mol. The van der Waals surface area contributed by atoms with E-state index in [9.17, 15) is 9.59 Å². The molecule has 0 radical (unpaired) electrons. The van der Waals surface area contributed by atoms with Gasteiger partial charge in [-0.1, -0.05) is 0 Å². The molecule has 0 aromatic carbocycles. The number of likely N-dealkylation sites (tertiary alicyclic amines) is 1. The summed E-state index contributed by atoms with van der Waals surface area (Å²) in [6.07, 6.45) is 3.23. The molecule has 2 amide bonds. The lowest BCUT2D eigenvalue weighted by Crippen LogP contribution is -2.45. The van der Waals surface area contributed by atoms with E-state index in [0.717, 1.165) is 25.1 Å². The summed E-state index contributed by atoms with van der Waals surface area (Å²) in [5, 5.41) is 9.92.